The van der Waals surface area contributed by atoms with E-state index in [0.29, 0.717) is 83.0 Å². The summed E-state index contributed by atoms with van der Waals surface area (Å²) in [6.45, 7) is 4.42. The first-order chi connectivity index (χ1) is 22.2. The number of pyridine rings is 1. The number of fused-ring (bicyclic) bond motifs is 1. The maximum atomic E-state index is 13.6. The third-order valence-electron chi connectivity index (χ3n) is 8.87. The number of anilines is 3. The summed E-state index contributed by atoms with van der Waals surface area (Å²) in [5.74, 6) is -1.15. The molecular weight excluding hydrogens is 592 g/mol. The van der Waals surface area contributed by atoms with Crippen molar-refractivity contribution in [2.24, 2.45) is 0 Å². The number of imide groups is 1. The topological polar surface area (TPSA) is 170 Å². The first kappa shape index (κ1) is 32.4. The number of hydrogen-bond donors (Lipinski definition) is 2. The van der Waals surface area contributed by atoms with E-state index < -0.39 is 23.8 Å². The molecule has 46 heavy (non-hydrogen) atoms. The van der Waals surface area contributed by atoms with Gasteiger partial charge in [0.1, 0.15) is 18.1 Å². The molecule has 0 radical (unpaired) electrons. The summed E-state index contributed by atoms with van der Waals surface area (Å²) in [7, 11) is 1.42. The second kappa shape index (κ2) is 14.4. The molecule has 0 bridgehead atoms. The monoisotopic (exact) mass is 632 g/mol. The van der Waals surface area contributed by atoms with Crippen LogP contribution in [-0.2, 0) is 19.2 Å². The van der Waals surface area contributed by atoms with E-state index in [1.807, 2.05) is 15.9 Å². The average Bonchev–Trinajstić information content (AvgIpc) is 3.34. The minimum Gasteiger partial charge on any atom is -0.384 e. The third kappa shape index (κ3) is 6.80. The Morgan fingerprint density at radius 3 is 2.09 bits per heavy atom. The van der Waals surface area contributed by atoms with Crippen LogP contribution in [0.4, 0.5) is 17.2 Å². The largest absolute Gasteiger partial charge is 0.384 e. The Kier molecular flexibility index (Phi) is 10.1. The van der Waals surface area contributed by atoms with Gasteiger partial charge < -0.3 is 35.4 Å². The van der Waals surface area contributed by atoms with E-state index in [0.717, 1.165) is 10.6 Å². The quantitative estimate of drug-likeness (QED) is 0.263. The number of nitrogens with zero attached hydrogens (tertiary/aromatic N) is 6. The molecule has 0 saturated carbocycles. The Bertz CT molecular complexity index is 1480. The zero-order valence-corrected chi connectivity index (χ0v) is 26.0. The highest BCUT2D eigenvalue weighted by Crippen LogP contribution is 2.34. The van der Waals surface area contributed by atoms with E-state index in [9.17, 15) is 28.8 Å². The van der Waals surface area contributed by atoms with Crippen molar-refractivity contribution in [2.45, 2.75) is 38.1 Å². The lowest BCUT2D eigenvalue weighted by molar-refractivity contribution is -0.133. The molecule has 3 aliphatic heterocycles. The molecule has 1 aromatic heterocycles. The molecule has 2 saturated heterocycles. The number of amides is 5. The van der Waals surface area contributed by atoms with Crippen LogP contribution in [0, 0.1) is 0 Å². The fourth-order valence-corrected chi connectivity index (χ4v) is 6.30. The summed E-state index contributed by atoms with van der Waals surface area (Å²) >= 11 is 0. The number of nitrogen functional groups attached to an aromatic ring is 1. The Morgan fingerprint density at radius 2 is 1.52 bits per heavy atom. The molecule has 5 rings (SSSR count). The van der Waals surface area contributed by atoms with Gasteiger partial charge in [-0.1, -0.05) is 6.07 Å². The summed E-state index contributed by atoms with van der Waals surface area (Å²) in [5.41, 5.74) is 7.68. The second-order valence-electron chi connectivity index (χ2n) is 11.6. The predicted molar refractivity (Wildman–Crippen MR) is 170 cm³/mol. The van der Waals surface area contributed by atoms with Crippen LogP contribution in [0.1, 0.15) is 52.8 Å². The van der Waals surface area contributed by atoms with Crippen LogP contribution in [0.5, 0.6) is 0 Å². The van der Waals surface area contributed by atoms with E-state index in [-0.39, 0.29) is 42.2 Å². The standard InChI is InChI=1S/C32H40N8O6/c1-34-30(44)25(7-4-20-41)40-31(45)23-5-2-6-24(29(23)32(40)46)37-14-18-39(19-15-37)28(43)9-3-8-27(42)38-16-12-36(13-17-38)22-10-11-26(33)35-21-22/h2,5-6,10-11,20-21,25H,3-4,7-9,12-19H2,1H3,(H2,33,35)(H,34,44). The maximum Gasteiger partial charge on any atom is 0.264 e. The van der Waals surface area contributed by atoms with Crippen LogP contribution in [0.15, 0.2) is 36.5 Å². The number of carbonyl (C=O) groups excluding carboxylic acids is 6. The van der Waals surface area contributed by atoms with E-state index in [1.54, 1.807) is 35.4 Å². The van der Waals surface area contributed by atoms with Crippen LogP contribution < -0.4 is 20.9 Å². The summed E-state index contributed by atoms with van der Waals surface area (Å²) in [5, 5.41) is 2.48. The fourth-order valence-electron chi connectivity index (χ4n) is 6.30. The minimum absolute atomic E-state index is 0.0209. The highest BCUT2D eigenvalue weighted by Gasteiger charge is 2.44. The second-order valence-corrected chi connectivity index (χ2v) is 11.6. The molecule has 0 spiro atoms. The summed E-state index contributed by atoms with van der Waals surface area (Å²) in [4.78, 5) is 89.0. The molecule has 1 atom stereocenters. The van der Waals surface area contributed by atoms with Crippen LogP contribution in [-0.4, -0.2) is 121 Å². The lowest BCUT2D eigenvalue weighted by Crippen LogP contribution is -2.50. The molecule has 0 aliphatic carbocycles. The van der Waals surface area contributed by atoms with Crippen LogP contribution in [0.25, 0.3) is 0 Å². The van der Waals surface area contributed by atoms with Gasteiger partial charge in [0.05, 0.1) is 28.7 Å². The van der Waals surface area contributed by atoms with Gasteiger partial charge in [-0.25, -0.2) is 4.98 Å². The first-order valence-corrected chi connectivity index (χ1v) is 15.7. The van der Waals surface area contributed by atoms with Gasteiger partial charge in [-0.15, -0.1) is 0 Å². The SMILES string of the molecule is CNC(=O)C(CCC=O)N1C(=O)c2cccc(N3CCN(C(=O)CCCC(=O)N4CCN(c5ccc(N)nc5)CC4)CC3)c2C1=O. The number of benzene rings is 1. The number of nitrogens with one attached hydrogen (secondary N) is 1. The maximum absolute atomic E-state index is 13.6. The molecule has 2 fully saturated rings. The van der Waals surface area contributed by atoms with Crippen molar-refractivity contribution in [3.05, 3.63) is 47.7 Å². The predicted octanol–water partition coefficient (Wildman–Crippen LogP) is 0.521. The molecule has 1 unspecified atom stereocenters. The third-order valence-corrected chi connectivity index (χ3v) is 8.87. The summed E-state index contributed by atoms with van der Waals surface area (Å²) in [6, 6.07) is 7.63. The van der Waals surface area contributed by atoms with Crippen molar-refractivity contribution < 1.29 is 28.8 Å². The van der Waals surface area contributed by atoms with E-state index in [2.05, 4.69) is 15.2 Å². The Labute approximate surface area is 267 Å². The van der Waals surface area contributed by atoms with Gasteiger partial charge in [0.15, 0.2) is 0 Å². The Hall–Kier alpha value is -5.01. The van der Waals surface area contributed by atoms with Gasteiger partial charge in [-0.05, 0) is 37.1 Å². The normalized spacial score (nSPS) is 17.2. The zero-order chi connectivity index (χ0) is 32.8. The number of hydrogen-bond acceptors (Lipinski definition) is 10. The van der Waals surface area contributed by atoms with Crippen LogP contribution >= 0.6 is 0 Å². The van der Waals surface area contributed by atoms with Gasteiger partial charge in [0, 0.05) is 78.7 Å². The highest BCUT2D eigenvalue weighted by atomic mass is 16.2. The average molecular weight is 633 g/mol. The summed E-state index contributed by atoms with van der Waals surface area (Å²) < 4.78 is 0. The molecule has 4 heterocycles. The zero-order valence-electron chi connectivity index (χ0n) is 26.0. The van der Waals surface area contributed by atoms with E-state index in [1.165, 1.54) is 7.05 Å². The van der Waals surface area contributed by atoms with Crippen molar-refractivity contribution in [1.29, 1.82) is 0 Å². The van der Waals surface area contributed by atoms with Crippen molar-refractivity contribution in [3.8, 4) is 0 Å². The molecule has 2 aromatic rings. The van der Waals surface area contributed by atoms with Gasteiger partial charge in [0.2, 0.25) is 17.7 Å². The van der Waals surface area contributed by atoms with Crippen molar-refractivity contribution in [3.63, 3.8) is 0 Å². The van der Waals surface area contributed by atoms with Gasteiger partial charge in [-0.2, -0.15) is 0 Å². The highest BCUT2D eigenvalue weighted by molar-refractivity contribution is 6.25. The number of likely N-dealkylation sites (N-methyl/N-ethyl adjacent to an activating group) is 1. The number of nitrogens with two attached hydrogens (primary N) is 1. The minimum atomic E-state index is -1.09. The van der Waals surface area contributed by atoms with Crippen molar-refractivity contribution >= 4 is 53.0 Å². The van der Waals surface area contributed by atoms with Gasteiger partial charge >= 0.3 is 0 Å². The molecule has 1 aromatic carbocycles. The van der Waals surface area contributed by atoms with Crippen LogP contribution in [0.3, 0.4) is 0 Å². The number of piperazine rings is 2. The molecule has 14 heteroatoms. The number of rotatable bonds is 11. The molecule has 244 valence electrons. The fraction of sp³-hybridized carbons (Fsp3) is 0.469. The smallest absolute Gasteiger partial charge is 0.264 e. The molecule has 3 N–H and O–H groups in total. The number of aromatic nitrogens is 1. The first-order valence-electron chi connectivity index (χ1n) is 15.7. The van der Waals surface area contributed by atoms with Gasteiger partial charge in [-0.3, -0.25) is 28.9 Å². The number of carbonyl (C=O) groups is 6. The lowest BCUT2D eigenvalue weighted by atomic mass is 10.1. The van der Waals surface area contributed by atoms with Gasteiger partial charge in [0.25, 0.3) is 11.8 Å². The molecule has 5 amide bonds. The van der Waals surface area contributed by atoms with E-state index >= 15 is 0 Å². The number of aldehydes is 1. The van der Waals surface area contributed by atoms with Crippen molar-refractivity contribution in [2.75, 3.05) is 74.9 Å². The lowest BCUT2D eigenvalue weighted by Gasteiger charge is -2.37. The van der Waals surface area contributed by atoms with E-state index in [4.69, 9.17) is 5.73 Å². The summed E-state index contributed by atoms with van der Waals surface area (Å²) in [6.07, 6.45) is 3.51. The molecular formula is C32H40N8O6. The Morgan fingerprint density at radius 1 is 0.891 bits per heavy atom. The van der Waals surface area contributed by atoms with Crippen LogP contribution in [0.2, 0.25) is 0 Å². The molecule has 14 nitrogen and oxygen atoms in total. The van der Waals surface area contributed by atoms with Crippen molar-refractivity contribution in [1.82, 2.24) is 25.0 Å². The molecule has 3 aliphatic rings. The Balaban J connectivity index is 1.10.